The molecule has 0 aliphatic heterocycles. The first-order chi connectivity index (χ1) is 10.1. The van der Waals surface area contributed by atoms with Gasteiger partial charge in [-0.25, -0.2) is 8.78 Å². The standard InChI is InChI=1S/C14H16ClF2N3O/c1-18-13(9-5-10(16)7-11(17)6-9)14-12(15)8-19-20(14)3-4-21-2/h5-8,13,18H,3-4H2,1-2H3. The molecule has 1 N–H and O–H groups in total. The third-order valence-electron chi connectivity index (χ3n) is 3.12. The third-order valence-corrected chi connectivity index (χ3v) is 3.41. The van der Waals surface area contributed by atoms with Crippen LogP contribution < -0.4 is 5.32 Å². The molecule has 0 fully saturated rings. The highest BCUT2D eigenvalue weighted by Gasteiger charge is 2.22. The van der Waals surface area contributed by atoms with Gasteiger partial charge in [0.1, 0.15) is 11.6 Å². The molecule has 1 aromatic carbocycles. The van der Waals surface area contributed by atoms with Gasteiger partial charge < -0.3 is 10.1 Å². The van der Waals surface area contributed by atoms with Crippen molar-refractivity contribution in [3.8, 4) is 0 Å². The summed E-state index contributed by atoms with van der Waals surface area (Å²) in [5, 5.41) is 7.61. The van der Waals surface area contributed by atoms with Gasteiger partial charge in [-0.1, -0.05) is 11.6 Å². The Kier molecular flexibility index (Phi) is 5.27. The first-order valence-electron chi connectivity index (χ1n) is 6.40. The number of nitrogens with one attached hydrogen (secondary N) is 1. The van der Waals surface area contributed by atoms with Crippen molar-refractivity contribution in [2.75, 3.05) is 20.8 Å². The lowest BCUT2D eigenvalue weighted by molar-refractivity contribution is 0.182. The summed E-state index contributed by atoms with van der Waals surface area (Å²) >= 11 is 6.18. The van der Waals surface area contributed by atoms with E-state index in [9.17, 15) is 8.78 Å². The summed E-state index contributed by atoms with van der Waals surface area (Å²) in [6.45, 7) is 0.952. The number of benzene rings is 1. The molecule has 114 valence electrons. The number of hydrogen-bond acceptors (Lipinski definition) is 3. The van der Waals surface area contributed by atoms with Gasteiger partial charge in [-0.3, -0.25) is 4.68 Å². The van der Waals surface area contributed by atoms with Crippen molar-refractivity contribution in [3.05, 3.63) is 52.3 Å². The second-order valence-corrected chi connectivity index (χ2v) is 4.93. The highest BCUT2D eigenvalue weighted by Crippen LogP contribution is 2.29. The number of hydrogen-bond donors (Lipinski definition) is 1. The van der Waals surface area contributed by atoms with Gasteiger partial charge in [0, 0.05) is 13.2 Å². The van der Waals surface area contributed by atoms with E-state index in [1.807, 2.05) is 0 Å². The molecule has 0 aliphatic carbocycles. The Bertz CT molecular complexity index is 598. The van der Waals surface area contributed by atoms with Gasteiger partial charge in [0.05, 0.1) is 36.1 Å². The first-order valence-corrected chi connectivity index (χ1v) is 6.78. The number of ether oxygens (including phenoxy) is 1. The summed E-state index contributed by atoms with van der Waals surface area (Å²) in [6, 6.07) is 2.91. The van der Waals surface area contributed by atoms with Crippen LogP contribution in [0.1, 0.15) is 17.3 Å². The first kappa shape index (κ1) is 15.9. The molecule has 4 nitrogen and oxygen atoms in total. The lowest BCUT2D eigenvalue weighted by atomic mass is 10.0. The van der Waals surface area contributed by atoms with E-state index in [1.165, 1.54) is 18.3 Å². The van der Waals surface area contributed by atoms with E-state index in [2.05, 4.69) is 10.4 Å². The molecule has 0 bridgehead atoms. The predicted molar refractivity (Wildman–Crippen MR) is 76.4 cm³/mol. The molecule has 1 atom stereocenters. The van der Waals surface area contributed by atoms with Gasteiger partial charge in [-0.2, -0.15) is 5.10 Å². The lowest BCUT2D eigenvalue weighted by Crippen LogP contribution is -2.23. The van der Waals surface area contributed by atoms with Crippen molar-refractivity contribution >= 4 is 11.6 Å². The molecule has 0 radical (unpaired) electrons. The number of halogens is 3. The molecule has 0 saturated heterocycles. The summed E-state index contributed by atoms with van der Waals surface area (Å²) < 4.78 is 33.5. The Labute approximate surface area is 126 Å². The van der Waals surface area contributed by atoms with E-state index < -0.39 is 17.7 Å². The Balaban J connectivity index is 2.43. The minimum absolute atomic E-state index is 0.426. The van der Waals surface area contributed by atoms with Crippen molar-refractivity contribution in [1.29, 1.82) is 0 Å². The molecule has 2 aromatic rings. The molecule has 0 saturated carbocycles. The Hall–Kier alpha value is -1.50. The smallest absolute Gasteiger partial charge is 0.126 e. The van der Waals surface area contributed by atoms with Gasteiger partial charge in [0.2, 0.25) is 0 Å². The van der Waals surface area contributed by atoms with Crippen LogP contribution in [0.3, 0.4) is 0 Å². The van der Waals surface area contributed by atoms with Crippen LogP contribution in [0.15, 0.2) is 24.4 Å². The van der Waals surface area contributed by atoms with Crippen LogP contribution in [-0.4, -0.2) is 30.5 Å². The molecule has 1 aromatic heterocycles. The van der Waals surface area contributed by atoms with E-state index >= 15 is 0 Å². The van der Waals surface area contributed by atoms with Crippen LogP contribution >= 0.6 is 11.6 Å². The van der Waals surface area contributed by atoms with Gasteiger partial charge >= 0.3 is 0 Å². The topological polar surface area (TPSA) is 39.1 Å². The largest absolute Gasteiger partial charge is 0.383 e. The SMILES string of the molecule is CNC(c1cc(F)cc(F)c1)c1c(Cl)cnn1CCOC. The molecular formula is C14H16ClF2N3O. The fourth-order valence-electron chi connectivity index (χ4n) is 2.22. The van der Waals surface area contributed by atoms with Crippen molar-refractivity contribution in [3.63, 3.8) is 0 Å². The average molecular weight is 316 g/mol. The Morgan fingerprint density at radius 3 is 2.57 bits per heavy atom. The quantitative estimate of drug-likeness (QED) is 0.891. The van der Waals surface area contributed by atoms with Gasteiger partial charge in [0.25, 0.3) is 0 Å². The normalized spacial score (nSPS) is 12.6. The maximum absolute atomic E-state index is 13.4. The highest BCUT2D eigenvalue weighted by atomic mass is 35.5. The van der Waals surface area contributed by atoms with Crippen molar-refractivity contribution < 1.29 is 13.5 Å². The van der Waals surface area contributed by atoms with Gasteiger partial charge in [0.15, 0.2) is 0 Å². The maximum atomic E-state index is 13.4. The minimum Gasteiger partial charge on any atom is -0.383 e. The fraction of sp³-hybridized carbons (Fsp3) is 0.357. The predicted octanol–water partition coefficient (Wildman–Crippen LogP) is 2.77. The van der Waals surface area contributed by atoms with E-state index in [-0.39, 0.29) is 0 Å². The van der Waals surface area contributed by atoms with Crippen LogP contribution in [0, 0.1) is 11.6 Å². The van der Waals surface area contributed by atoms with Crippen LogP contribution in [0.25, 0.3) is 0 Å². The second kappa shape index (κ2) is 6.98. The summed E-state index contributed by atoms with van der Waals surface area (Å²) in [6.07, 6.45) is 1.51. The minimum atomic E-state index is -0.635. The molecule has 2 rings (SSSR count). The molecule has 1 heterocycles. The van der Waals surface area contributed by atoms with Crippen molar-refractivity contribution in [2.24, 2.45) is 0 Å². The fourth-order valence-corrected chi connectivity index (χ4v) is 2.47. The molecule has 0 aliphatic rings. The summed E-state index contributed by atoms with van der Waals surface area (Å²) in [5.41, 5.74) is 1.08. The second-order valence-electron chi connectivity index (χ2n) is 4.52. The van der Waals surface area contributed by atoms with E-state index in [0.29, 0.717) is 29.4 Å². The van der Waals surface area contributed by atoms with Crippen LogP contribution in [0.2, 0.25) is 5.02 Å². The van der Waals surface area contributed by atoms with E-state index in [1.54, 1.807) is 18.8 Å². The Morgan fingerprint density at radius 2 is 2.00 bits per heavy atom. The molecule has 1 unspecified atom stereocenters. The zero-order chi connectivity index (χ0) is 15.4. The Morgan fingerprint density at radius 1 is 1.33 bits per heavy atom. The molecule has 0 spiro atoms. The van der Waals surface area contributed by atoms with Crippen LogP contribution in [0.5, 0.6) is 0 Å². The average Bonchev–Trinajstić information content (AvgIpc) is 2.78. The zero-order valence-corrected chi connectivity index (χ0v) is 12.5. The van der Waals surface area contributed by atoms with E-state index in [4.69, 9.17) is 16.3 Å². The van der Waals surface area contributed by atoms with Gasteiger partial charge in [-0.15, -0.1) is 0 Å². The maximum Gasteiger partial charge on any atom is 0.126 e. The summed E-state index contributed by atoms with van der Waals surface area (Å²) in [5.74, 6) is -1.27. The van der Waals surface area contributed by atoms with Crippen LogP contribution in [-0.2, 0) is 11.3 Å². The van der Waals surface area contributed by atoms with Crippen molar-refractivity contribution in [1.82, 2.24) is 15.1 Å². The highest BCUT2D eigenvalue weighted by molar-refractivity contribution is 6.31. The number of aromatic nitrogens is 2. The molecule has 0 amide bonds. The monoisotopic (exact) mass is 315 g/mol. The number of methoxy groups -OCH3 is 1. The zero-order valence-electron chi connectivity index (χ0n) is 11.7. The molecule has 21 heavy (non-hydrogen) atoms. The summed E-state index contributed by atoms with van der Waals surface area (Å²) in [7, 11) is 3.28. The van der Waals surface area contributed by atoms with Gasteiger partial charge in [-0.05, 0) is 24.7 Å². The number of rotatable bonds is 6. The van der Waals surface area contributed by atoms with Crippen LogP contribution in [0.4, 0.5) is 8.78 Å². The van der Waals surface area contributed by atoms with E-state index in [0.717, 1.165) is 6.07 Å². The summed E-state index contributed by atoms with van der Waals surface area (Å²) in [4.78, 5) is 0. The van der Waals surface area contributed by atoms with Crippen molar-refractivity contribution in [2.45, 2.75) is 12.6 Å². The third kappa shape index (κ3) is 3.58. The molecule has 7 heteroatoms. The molecular weight excluding hydrogens is 300 g/mol. The number of nitrogens with zero attached hydrogens (tertiary/aromatic N) is 2. The lowest BCUT2D eigenvalue weighted by Gasteiger charge is -2.19.